The van der Waals surface area contributed by atoms with Crippen molar-refractivity contribution in [3.8, 4) is 0 Å². The first-order chi connectivity index (χ1) is 8.15. The van der Waals surface area contributed by atoms with Crippen molar-refractivity contribution in [1.29, 1.82) is 0 Å². The summed E-state index contributed by atoms with van der Waals surface area (Å²) in [5.74, 6) is 0.0639. The number of aliphatic hydroxyl groups is 1. The molecule has 0 heterocycles. The van der Waals surface area contributed by atoms with Crippen LogP contribution in [-0.2, 0) is 0 Å². The number of hydrogen-bond acceptors (Lipinski definition) is 2. The van der Waals surface area contributed by atoms with E-state index < -0.39 is 0 Å². The van der Waals surface area contributed by atoms with Crippen molar-refractivity contribution in [2.75, 3.05) is 20.2 Å². The van der Waals surface area contributed by atoms with Crippen molar-refractivity contribution >= 4 is 5.91 Å². The highest BCUT2D eigenvalue weighted by Crippen LogP contribution is 2.07. The minimum atomic E-state index is 0.0639. The van der Waals surface area contributed by atoms with Gasteiger partial charge in [-0.3, -0.25) is 4.79 Å². The number of hydrogen-bond donors (Lipinski definition) is 1. The minimum Gasteiger partial charge on any atom is -0.396 e. The Morgan fingerprint density at radius 2 is 1.82 bits per heavy atom. The zero-order valence-corrected chi connectivity index (χ0v) is 10.6. The molecule has 0 bridgehead atoms. The Bertz CT molecular complexity index is 346. The molecule has 0 radical (unpaired) electrons. The van der Waals surface area contributed by atoms with E-state index in [0.29, 0.717) is 0 Å². The zero-order chi connectivity index (χ0) is 12.7. The lowest BCUT2D eigenvalue weighted by Gasteiger charge is -2.17. The van der Waals surface area contributed by atoms with Gasteiger partial charge in [-0.2, -0.15) is 0 Å². The quantitative estimate of drug-likeness (QED) is 0.768. The number of amides is 1. The monoisotopic (exact) mass is 235 g/mol. The first kappa shape index (κ1) is 13.7. The number of carbonyl (C=O) groups excluding carboxylic acids is 1. The number of unbranched alkanes of at least 4 members (excludes halogenated alkanes) is 2. The lowest BCUT2D eigenvalue weighted by molar-refractivity contribution is 0.0792. The highest BCUT2D eigenvalue weighted by atomic mass is 16.2. The van der Waals surface area contributed by atoms with Gasteiger partial charge in [-0.05, 0) is 38.3 Å². The van der Waals surface area contributed by atoms with E-state index in [1.165, 1.54) is 0 Å². The van der Waals surface area contributed by atoms with Crippen LogP contribution in [0.15, 0.2) is 24.3 Å². The largest absolute Gasteiger partial charge is 0.396 e. The molecule has 0 atom stereocenters. The Labute approximate surface area is 103 Å². The van der Waals surface area contributed by atoms with Gasteiger partial charge in [0.25, 0.3) is 5.91 Å². The van der Waals surface area contributed by atoms with E-state index in [2.05, 4.69) is 0 Å². The number of benzene rings is 1. The van der Waals surface area contributed by atoms with Crippen molar-refractivity contribution in [3.63, 3.8) is 0 Å². The first-order valence-corrected chi connectivity index (χ1v) is 6.08. The summed E-state index contributed by atoms with van der Waals surface area (Å²) in [7, 11) is 1.82. The van der Waals surface area contributed by atoms with Gasteiger partial charge in [0, 0.05) is 25.8 Å². The molecule has 0 aliphatic rings. The predicted octanol–water partition coefficient (Wildman–Crippen LogP) is 2.23. The number of rotatable bonds is 6. The Kier molecular flexibility index (Phi) is 5.70. The van der Waals surface area contributed by atoms with Crippen LogP contribution in [-0.4, -0.2) is 36.1 Å². The maximum absolute atomic E-state index is 12.0. The van der Waals surface area contributed by atoms with Crippen molar-refractivity contribution in [2.45, 2.75) is 26.2 Å². The van der Waals surface area contributed by atoms with Gasteiger partial charge in [0.2, 0.25) is 0 Å². The van der Waals surface area contributed by atoms with Crippen LogP contribution in [0.5, 0.6) is 0 Å². The molecule has 1 rings (SSSR count). The second-order valence-corrected chi connectivity index (χ2v) is 4.38. The standard InChI is InChI=1S/C14H21NO2/c1-12-6-8-13(9-7-12)14(17)15(2)10-4-3-5-11-16/h6-9,16H,3-5,10-11H2,1-2H3. The molecule has 0 aromatic heterocycles. The van der Waals surface area contributed by atoms with Crippen LogP contribution >= 0.6 is 0 Å². The topological polar surface area (TPSA) is 40.5 Å². The molecule has 3 nitrogen and oxygen atoms in total. The minimum absolute atomic E-state index is 0.0639. The summed E-state index contributed by atoms with van der Waals surface area (Å²) in [5, 5.41) is 8.66. The van der Waals surface area contributed by atoms with E-state index in [1.54, 1.807) is 4.90 Å². The van der Waals surface area contributed by atoms with Crippen LogP contribution in [0.2, 0.25) is 0 Å². The lowest BCUT2D eigenvalue weighted by atomic mass is 10.1. The van der Waals surface area contributed by atoms with Crippen LogP contribution in [0.4, 0.5) is 0 Å². The highest BCUT2D eigenvalue weighted by molar-refractivity contribution is 5.94. The highest BCUT2D eigenvalue weighted by Gasteiger charge is 2.10. The van der Waals surface area contributed by atoms with E-state index in [0.717, 1.165) is 36.9 Å². The van der Waals surface area contributed by atoms with E-state index in [9.17, 15) is 4.79 Å². The molecule has 3 heteroatoms. The van der Waals surface area contributed by atoms with Crippen molar-refractivity contribution < 1.29 is 9.90 Å². The van der Waals surface area contributed by atoms with Crippen LogP contribution in [0.3, 0.4) is 0 Å². The summed E-state index contributed by atoms with van der Waals surface area (Å²) in [4.78, 5) is 13.7. The van der Waals surface area contributed by atoms with E-state index in [1.807, 2.05) is 38.2 Å². The summed E-state index contributed by atoms with van der Waals surface area (Å²) in [6.07, 6.45) is 2.71. The summed E-state index contributed by atoms with van der Waals surface area (Å²) in [6.45, 7) is 2.98. The molecule has 94 valence electrons. The molecular formula is C14H21NO2. The average Bonchev–Trinajstić information content (AvgIpc) is 2.34. The lowest BCUT2D eigenvalue weighted by Crippen LogP contribution is -2.27. The van der Waals surface area contributed by atoms with E-state index in [4.69, 9.17) is 5.11 Å². The van der Waals surface area contributed by atoms with Crippen molar-refractivity contribution in [1.82, 2.24) is 4.90 Å². The molecule has 0 spiro atoms. The third-order valence-electron chi connectivity index (χ3n) is 2.80. The second-order valence-electron chi connectivity index (χ2n) is 4.38. The van der Waals surface area contributed by atoms with Crippen LogP contribution in [0, 0.1) is 6.92 Å². The average molecular weight is 235 g/mol. The van der Waals surface area contributed by atoms with Crippen molar-refractivity contribution in [2.24, 2.45) is 0 Å². The van der Waals surface area contributed by atoms with E-state index in [-0.39, 0.29) is 12.5 Å². The summed E-state index contributed by atoms with van der Waals surface area (Å²) >= 11 is 0. The maximum Gasteiger partial charge on any atom is 0.253 e. The molecule has 1 aromatic carbocycles. The molecule has 1 amide bonds. The fourth-order valence-corrected chi connectivity index (χ4v) is 1.66. The zero-order valence-electron chi connectivity index (χ0n) is 10.6. The molecule has 0 fully saturated rings. The molecule has 0 saturated carbocycles. The smallest absolute Gasteiger partial charge is 0.253 e. The van der Waals surface area contributed by atoms with Crippen LogP contribution < -0.4 is 0 Å². The molecule has 0 aliphatic carbocycles. The van der Waals surface area contributed by atoms with Gasteiger partial charge in [0.05, 0.1) is 0 Å². The van der Waals surface area contributed by atoms with Gasteiger partial charge in [-0.25, -0.2) is 0 Å². The molecule has 17 heavy (non-hydrogen) atoms. The molecule has 1 aromatic rings. The molecule has 0 saturated heterocycles. The van der Waals surface area contributed by atoms with Gasteiger partial charge in [-0.15, -0.1) is 0 Å². The van der Waals surface area contributed by atoms with Gasteiger partial charge in [0.15, 0.2) is 0 Å². The summed E-state index contributed by atoms with van der Waals surface area (Å²) in [6, 6.07) is 7.63. The maximum atomic E-state index is 12.0. The fourth-order valence-electron chi connectivity index (χ4n) is 1.66. The van der Waals surface area contributed by atoms with Crippen LogP contribution in [0.25, 0.3) is 0 Å². The van der Waals surface area contributed by atoms with Gasteiger partial charge in [-0.1, -0.05) is 17.7 Å². The first-order valence-electron chi connectivity index (χ1n) is 6.08. The number of nitrogens with zero attached hydrogens (tertiary/aromatic N) is 1. The number of carbonyl (C=O) groups is 1. The molecule has 1 N–H and O–H groups in total. The van der Waals surface area contributed by atoms with Gasteiger partial charge >= 0.3 is 0 Å². The summed E-state index contributed by atoms with van der Waals surface area (Å²) < 4.78 is 0. The summed E-state index contributed by atoms with van der Waals surface area (Å²) in [5.41, 5.74) is 1.90. The Hall–Kier alpha value is -1.35. The third kappa shape index (κ3) is 4.57. The molecule has 0 aliphatic heterocycles. The Morgan fingerprint density at radius 1 is 1.18 bits per heavy atom. The Morgan fingerprint density at radius 3 is 2.41 bits per heavy atom. The Balaban J connectivity index is 2.43. The third-order valence-corrected chi connectivity index (χ3v) is 2.80. The fraction of sp³-hybridized carbons (Fsp3) is 0.500. The molecule has 0 unspecified atom stereocenters. The van der Waals surface area contributed by atoms with Crippen molar-refractivity contribution in [3.05, 3.63) is 35.4 Å². The van der Waals surface area contributed by atoms with Crippen LogP contribution in [0.1, 0.15) is 35.2 Å². The SMILES string of the molecule is Cc1ccc(C(=O)N(C)CCCCCO)cc1. The normalized spacial score (nSPS) is 10.3. The van der Waals surface area contributed by atoms with Gasteiger partial charge < -0.3 is 10.0 Å². The van der Waals surface area contributed by atoms with Gasteiger partial charge in [0.1, 0.15) is 0 Å². The number of aryl methyl sites for hydroxylation is 1. The second kappa shape index (κ2) is 7.07. The predicted molar refractivity (Wildman–Crippen MR) is 69.1 cm³/mol. The number of aliphatic hydroxyl groups excluding tert-OH is 1. The molecular weight excluding hydrogens is 214 g/mol. The van der Waals surface area contributed by atoms with E-state index >= 15 is 0 Å².